The van der Waals surface area contributed by atoms with Gasteiger partial charge in [0.05, 0.1) is 0 Å². The van der Waals surface area contributed by atoms with E-state index in [0.717, 1.165) is 0 Å². The van der Waals surface area contributed by atoms with Crippen molar-refractivity contribution in [3.8, 4) is 0 Å². The molecule has 0 heterocycles. The maximum atomic E-state index is 10.8. The van der Waals surface area contributed by atoms with E-state index in [1.54, 1.807) is 0 Å². The number of aliphatic carboxylic acids is 1. The minimum atomic E-state index is -1.10. The Hall–Kier alpha value is -0.471. The molecule has 0 aromatic rings. The average molecular weight is 184 g/mol. The van der Waals surface area contributed by atoms with Crippen LogP contribution in [0.5, 0.6) is 0 Å². The summed E-state index contributed by atoms with van der Waals surface area (Å²) in [6, 6.07) is 0. The Balaban J connectivity index is 4.22. The van der Waals surface area contributed by atoms with Crippen LogP contribution >= 0.6 is 0 Å². The molecule has 0 saturated heterocycles. The van der Waals surface area contributed by atoms with E-state index in [0.29, 0.717) is 0 Å². The Morgan fingerprint density at radius 1 is 1.50 bits per heavy atom. The van der Waals surface area contributed by atoms with Gasteiger partial charge in [0.25, 0.3) is 0 Å². The SMILES string of the molecule is C[C](=[Fe+])C(=O)C(C)C(=O)O. The summed E-state index contributed by atoms with van der Waals surface area (Å²) >= 11 is 3.35. The van der Waals surface area contributed by atoms with Crippen molar-refractivity contribution in [2.24, 2.45) is 5.92 Å². The molecular weight excluding hydrogens is 176 g/mol. The van der Waals surface area contributed by atoms with Crippen LogP contribution in [0.2, 0.25) is 0 Å². The molecule has 3 nitrogen and oxygen atoms in total. The molecular formula is C6H8FeO3+. The summed E-state index contributed by atoms with van der Waals surface area (Å²) in [5.41, 5.74) is 0. The number of hydrogen-bond donors (Lipinski definition) is 1. The molecule has 0 bridgehead atoms. The quantitative estimate of drug-likeness (QED) is 0.496. The van der Waals surface area contributed by atoms with Gasteiger partial charge in [0.2, 0.25) is 0 Å². The fraction of sp³-hybridized carbons (Fsp3) is 0.500. The van der Waals surface area contributed by atoms with Gasteiger partial charge in [-0.1, -0.05) is 0 Å². The van der Waals surface area contributed by atoms with Crippen molar-refractivity contribution in [1.29, 1.82) is 0 Å². The maximum absolute atomic E-state index is 10.8. The van der Waals surface area contributed by atoms with Crippen LogP contribution < -0.4 is 0 Å². The van der Waals surface area contributed by atoms with Crippen molar-refractivity contribution in [1.82, 2.24) is 0 Å². The van der Waals surface area contributed by atoms with Crippen molar-refractivity contribution in [2.75, 3.05) is 0 Å². The molecule has 0 radical (unpaired) electrons. The van der Waals surface area contributed by atoms with Crippen LogP contribution in [0.1, 0.15) is 13.8 Å². The molecule has 0 saturated carbocycles. The standard InChI is InChI=1S/C6H8O3.Fe/c1-3-5(7)4(2)6(8)9;/h4H,1-2H3,(H,8,9);/q;+1. The first-order chi connectivity index (χ1) is 4.46. The number of carbonyl (C=O) groups excluding carboxylic acids is 1. The van der Waals surface area contributed by atoms with Gasteiger partial charge in [-0.15, -0.1) is 0 Å². The monoisotopic (exact) mass is 184 g/mol. The third-order valence-electron chi connectivity index (χ3n) is 1.10. The number of rotatable bonds is 3. The Morgan fingerprint density at radius 3 is 2.00 bits per heavy atom. The number of ketones is 1. The molecule has 1 N–H and O–H groups in total. The summed E-state index contributed by atoms with van der Waals surface area (Å²) in [6.07, 6.45) is 0. The van der Waals surface area contributed by atoms with E-state index in [4.69, 9.17) is 5.11 Å². The molecule has 0 rings (SSSR count). The van der Waals surface area contributed by atoms with Crippen LogP contribution in [-0.2, 0) is 25.2 Å². The Kier molecular flexibility index (Phi) is 3.47. The fourth-order valence-electron chi connectivity index (χ4n) is 0.405. The van der Waals surface area contributed by atoms with E-state index in [9.17, 15) is 9.59 Å². The Labute approximate surface area is 66.8 Å². The molecule has 0 aliphatic carbocycles. The van der Waals surface area contributed by atoms with E-state index in [2.05, 4.69) is 15.6 Å². The molecule has 10 heavy (non-hydrogen) atoms. The Bertz CT molecular complexity index is 185. The predicted molar refractivity (Wildman–Crippen MR) is 32.5 cm³/mol. The number of Topliss-reactive ketones (excluding diaryl/α,β-unsaturated/α-hetero) is 1. The summed E-state index contributed by atoms with van der Waals surface area (Å²) in [4.78, 5) is 21.0. The number of hydrogen-bond acceptors (Lipinski definition) is 2. The van der Waals surface area contributed by atoms with Crippen molar-refractivity contribution in [3.05, 3.63) is 0 Å². The van der Waals surface area contributed by atoms with E-state index < -0.39 is 17.7 Å². The summed E-state index contributed by atoms with van der Waals surface area (Å²) in [5, 5.41) is 8.34. The first kappa shape index (κ1) is 9.53. The van der Waals surface area contributed by atoms with Gasteiger partial charge in [-0.05, 0) is 0 Å². The molecule has 0 aromatic heterocycles. The van der Waals surface area contributed by atoms with Crippen LogP contribution in [0.3, 0.4) is 0 Å². The van der Waals surface area contributed by atoms with Crippen molar-refractivity contribution < 1.29 is 30.3 Å². The molecule has 0 amide bonds. The van der Waals surface area contributed by atoms with E-state index in [-0.39, 0.29) is 4.42 Å². The van der Waals surface area contributed by atoms with Crippen LogP contribution in [0.25, 0.3) is 0 Å². The van der Waals surface area contributed by atoms with Crippen LogP contribution in [0, 0.1) is 5.92 Å². The van der Waals surface area contributed by atoms with Crippen LogP contribution in [0.4, 0.5) is 0 Å². The van der Waals surface area contributed by atoms with Gasteiger partial charge in [-0.2, -0.15) is 0 Å². The summed E-state index contributed by atoms with van der Waals surface area (Å²) < 4.78 is 0.287. The Morgan fingerprint density at radius 2 is 1.90 bits per heavy atom. The van der Waals surface area contributed by atoms with Gasteiger partial charge >= 0.3 is 66.2 Å². The average Bonchev–Trinajstić information content (AvgIpc) is 1.84. The van der Waals surface area contributed by atoms with Crippen LogP contribution in [0.15, 0.2) is 0 Å². The van der Waals surface area contributed by atoms with Gasteiger partial charge in [0.1, 0.15) is 0 Å². The zero-order valence-corrected chi connectivity index (χ0v) is 6.80. The van der Waals surface area contributed by atoms with E-state index >= 15 is 0 Å². The van der Waals surface area contributed by atoms with E-state index in [1.807, 2.05) is 0 Å². The topological polar surface area (TPSA) is 54.4 Å². The van der Waals surface area contributed by atoms with E-state index in [1.165, 1.54) is 13.8 Å². The normalized spacial score (nSPS) is 12.2. The predicted octanol–water partition coefficient (Wildman–Crippen LogP) is 0.0153. The van der Waals surface area contributed by atoms with Crippen molar-refractivity contribution >= 4 is 16.2 Å². The zero-order valence-electron chi connectivity index (χ0n) is 5.69. The fourth-order valence-corrected chi connectivity index (χ4v) is 0.644. The molecule has 0 aromatic carbocycles. The molecule has 57 valence electrons. The van der Waals surface area contributed by atoms with Gasteiger partial charge < -0.3 is 0 Å². The summed E-state index contributed by atoms with van der Waals surface area (Å²) in [5.74, 6) is -2.47. The number of carboxylic acid groups (broad SMARTS) is 1. The zero-order chi connectivity index (χ0) is 8.31. The van der Waals surface area contributed by atoms with Gasteiger partial charge in [0, 0.05) is 0 Å². The molecule has 0 aliphatic heterocycles. The number of carbonyl (C=O) groups is 2. The molecule has 0 aliphatic rings. The second kappa shape index (κ2) is 3.64. The molecule has 4 heteroatoms. The van der Waals surface area contributed by atoms with Gasteiger partial charge in [0.15, 0.2) is 0 Å². The first-order valence-corrected chi connectivity index (χ1v) is 3.27. The number of carboxylic acids is 1. The van der Waals surface area contributed by atoms with Crippen LogP contribution in [-0.4, -0.2) is 21.3 Å². The second-order valence-electron chi connectivity index (χ2n) is 1.94. The molecule has 0 fully saturated rings. The van der Waals surface area contributed by atoms with Gasteiger partial charge in [-0.25, -0.2) is 0 Å². The van der Waals surface area contributed by atoms with Crippen molar-refractivity contribution in [3.63, 3.8) is 0 Å². The van der Waals surface area contributed by atoms with Gasteiger partial charge in [-0.3, -0.25) is 0 Å². The third kappa shape index (κ3) is 2.41. The van der Waals surface area contributed by atoms with Crippen molar-refractivity contribution in [2.45, 2.75) is 13.8 Å². The second-order valence-corrected chi connectivity index (χ2v) is 2.77. The molecule has 1 atom stereocenters. The first-order valence-electron chi connectivity index (χ1n) is 2.71. The summed E-state index contributed by atoms with van der Waals surface area (Å²) in [6.45, 7) is 2.85. The third-order valence-corrected chi connectivity index (χ3v) is 1.37. The summed E-state index contributed by atoms with van der Waals surface area (Å²) in [7, 11) is 0. The minimum absolute atomic E-state index is 0.287. The molecule has 0 spiro atoms. The molecule has 1 unspecified atom stereocenters.